The summed E-state index contributed by atoms with van der Waals surface area (Å²) >= 11 is 7.12. The summed E-state index contributed by atoms with van der Waals surface area (Å²) in [5.41, 5.74) is 0.968. The molecule has 0 bridgehead atoms. The summed E-state index contributed by atoms with van der Waals surface area (Å²) in [5, 5.41) is 0. The van der Waals surface area contributed by atoms with Gasteiger partial charge in [0.15, 0.2) is 0 Å². The largest absolute Gasteiger partial charge is 0.252 e. The van der Waals surface area contributed by atoms with Crippen molar-refractivity contribution < 1.29 is 8.42 Å². The molecule has 0 amide bonds. The van der Waals surface area contributed by atoms with E-state index in [1.54, 1.807) is 17.4 Å². The highest BCUT2D eigenvalue weighted by molar-refractivity contribution is 7.91. The van der Waals surface area contributed by atoms with Crippen LogP contribution in [-0.2, 0) is 15.9 Å². The minimum absolute atomic E-state index is 0.153. The monoisotopic (exact) mass is 321 g/mol. The van der Waals surface area contributed by atoms with Gasteiger partial charge in [0.05, 0.1) is 5.88 Å². The minimum Gasteiger partial charge on any atom is -0.206 e. The Hall–Kier alpha value is -0.100. The van der Waals surface area contributed by atoms with E-state index in [9.17, 15) is 8.42 Å². The molecule has 1 fully saturated rings. The third-order valence-corrected chi connectivity index (χ3v) is 7.86. The number of hydrogen-bond acceptors (Lipinski definition) is 3. The zero-order valence-corrected chi connectivity index (χ0v) is 13.7. The van der Waals surface area contributed by atoms with Gasteiger partial charge in [-0.25, -0.2) is 8.42 Å². The molecule has 1 aliphatic rings. The maximum absolute atomic E-state index is 12.6. The average molecular weight is 322 g/mol. The molecule has 1 aromatic rings. The fraction of sp³-hybridized carbons (Fsp3) is 0.692. The molecule has 1 heterocycles. The number of sulfonamides is 1. The molecule has 1 aromatic heterocycles. The molecule has 0 unspecified atom stereocenters. The van der Waals surface area contributed by atoms with E-state index in [0.29, 0.717) is 10.1 Å². The van der Waals surface area contributed by atoms with Gasteiger partial charge in [-0.3, -0.25) is 0 Å². The summed E-state index contributed by atoms with van der Waals surface area (Å²) in [6.45, 7) is 1.91. The van der Waals surface area contributed by atoms with E-state index in [0.717, 1.165) is 36.1 Å². The van der Waals surface area contributed by atoms with Crippen LogP contribution in [0.5, 0.6) is 0 Å². The normalized spacial score (nSPS) is 18.1. The lowest BCUT2D eigenvalue weighted by atomic mass is 9.96. The van der Waals surface area contributed by atoms with Gasteiger partial charge in [-0.1, -0.05) is 19.3 Å². The van der Waals surface area contributed by atoms with Crippen molar-refractivity contribution in [1.29, 1.82) is 0 Å². The third kappa shape index (κ3) is 3.15. The molecule has 0 aliphatic heterocycles. The summed E-state index contributed by atoms with van der Waals surface area (Å²) in [6, 6.07) is 1.90. The van der Waals surface area contributed by atoms with E-state index in [4.69, 9.17) is 11.6 Å². The first-order valence-electron chi connectivity index (χ1n) is 6.60. The number of thiophene rings is 1. The van der Waals surface area contributed by atoms with Crippen molar-refractivity contribution in [3.63, 3.8) is 0 Å². The van der Waals surface area contributed by atoms with E-state index in [1.807, 2.05) is 6.92 Å². The molecule has 108 valence electrons. The lowest BCUT2D eigenvalue weighted by molar-refractivity contribution is 0.286. The molecule has 0 aromatic carbocycles. The van der Waals surface area contributed by atoms with E-state index in [1.165, 1.54) is 17.8 Å². The maximum atomic E-state index is 12.6. The highest BCUT2D eigenvalue weighted by Gasteiger charge is 2.30. The molecule has 1 saturated carbocycles. The lowest BCUT2D eigenvalue weighted by Gasteiger charge is -2.29. The Balaban J connectivity index is 2.24. The topological polar surface area (TPSA) is 37.4 Å². The summed E-state index contributed by atoms with van der Waals surface area (Å²) < 4.78 is 27.2. The van der Waals surface area contributed by atoms with Crippen molar-refractivity contribution in [3.05, 3.63) is 16.5 Å². The van der Waals surface area contributed by atoms with E-state index in [2.05, 4.69) is 0 Å². The van der Waals surface area contributed by atoms with Gasteiger partial charge in [-0.05, 0) is 31.4 Å². The molecule has 3 nitrogen and oxygen atoms in total. The van der Waals surface area contributed by atoms with Crippen LogP contribution in [0.25, 0.3) is 0 Å². The maximum Gasteiger partial charge on any atom is 0.252 e. The summed E-state index contributed by atoms with van der Waals surface area (Å²) in [7, 11) is -1.65. The van der Waals surface area contributed by atoms with Crippen LogP contribution in [-0.4, -0.2) is 25.8 Å². The van der Waals surface area contributed by atoms with Crippen LogP contribution in [0.4, 0.5) is 0 Å². The Morgan fingerprint density at radius 2 is 2.00 bits per heavy atom. The van der Waals surface area contributed by atoms with Crippen LogP contribution < -0.4 is 0 Å². The number of nitrogens with zero attached hydrogens (tertiary/aromatic N) is 1. The fourth-order valence-corrected chi connectivity index (χ4v) is 5.95. The summed E-state index contributed by atoms with van der Waals surface area (Å²) in [4.78, 5) is 0.942. The van der Waals surface area contributed by atoms with Crippen molar-refractivity contribution in [3.8, 4) is 0 Å². The quantitative estimate of drug-likeness (QED) is 0.792. The lowest BCUT2D eigenvalue weighted by Crippen LogP contribution is -2.37. The highest BCUT2D eigenvalue weighted by Crippen LogP contribution is 2.32. The Labute approximate surface area is 124 Å². The van der Waals surface area contributed by atoms with Crippen LogP contribution >= 0.6 is 22.9 Å². The van der Waals surface area contributed by atoms with E-state index < -0.39 is 10.0 Å². The third-order valence-electron chi connectivity index (χ3n) is 3.84. The first-order chi connectivity index (χ1) is 8.96. The van der Waals surface area contributed by atoms with Crippen molar-refractivity contribution in [2.75, 3.05) is 7.05 Å². The fourth-order valence-electron chi connectivity index (χ4n) is 2.53. The van der Waals surface area contributed by atoms with Gasteiger partial charge >= 0.3 is 0 Å². The van der Waals surface area contributed by atoms with E-state index >= 15 is 0 Å². The molecule has 2 rings (SSSR count). The van der Waals surface area contributed by atoms with Gasteiger partial charge in [0.25, 0.3) is 10.0 Å². The number of hydrogen-bond donors (Lipinski definition) is 0. The Bertz CT molecular complexity index is 533. The van der Waals surface area contributed by atoms with Crippen molar-refractivity contribution in [2.45, 2.75) is 55.2 Å². The smallest absolute Gasteiger partial charge is 0.206 e. The molecular weight excluding hydrogens is 302 g/mol. The second kappa shape index (κ2) is 6.12. The van der Waals surface area contributed by atoms with Gasteiger partial charge < -0.3 is 0 Å². The van der Waals surface area contributed by atoms with Crippen LogP contribution in [0.3, 0.4) is 0 Å². The Kier molecular flexibility index (Phi) is 4.93. The van der Waals surface area contributed by atoms with Gasteiger partial charge in [0, 0.05) is 18.0 Å². The molecule has 0 spiro atoms. The second-order valence-electron chi connectivity index (χ2n) is 5.12. The standard InChI is InChI=1S/C13H20ClNO2S2/c1-10-8-13(18-12(10)9-14)19(16,17)15(2)11-6-4-3-5-7-11/h8,11H,3-7,9H2,1-2H3. The number of alkyl halides is 1. The SMILES string of the molecule is Cc1cc(S(=O)(=O)N(C)C2CCCCC2)sc1CCl. The molecule has 0 saturated heterocycles. The first-order valence-corrected chi connectivity index (χ1v) is 9.39. The van der Waals surface area contributed by atoms with Gasteiger partial charge in [-0.2, -0.15) is 4.31 Å². The number of aryl methyl sites for hydroxylation is 1. The van der Waals surface area contributed by atoms with Gasteiger partial charge in [-0.15, -0.1) is 22.9 Å². The Morgan fingerprint density at radius 1 is 1.37 bits per heavy atom. The second-order valence-corrected chi connectivity index (χ2v) is 8.75. The average Bonchev–Trinajstić information content (AvgIpc) is 2.81. The molecular formula is C13H20ClNO2S2. The predicted molar refractivity (Wildman–Crippen MR) is 80.4 cm³/mol. The van der Waals surface area contributed by atoms with Gasteiger partial charge in [0.2, 0.25) is 0 Å². The van der Waals surface area contributed by atoms with Gasteiger partial charge in [0.1, 0.15) is 4.21 Å². The predicted octanol–water partition coefficient (Wildman–Crippen LogP) is 3.75. The van der Waals surface area contributed by atoms with Crippen molar-refractivity contribution in [2.24, 2.45) is 0 Å². The number of rotatable bonds is 4. The van der Waals surface area contributed by atoms with Crippen LogP contribution in [0.1, 0.15) is 42.5 Å². The number of halogens is 1. The molecule has 6 heteroatoms. The highest BCUT2D eigenvalue weighted by atomic mass is 35.5. The molecule has 0 N–H and O–H groups in total. The first kappa shape index (κ1) is 15.3. The molecule has 1 aliphatic carbocycles. The minimum atomic E-state index is -3.36. The zero-order chi connectivity index (χ0) is 14.0. The zero-order valence-electron chi connectivity index (χ0n) is 11.4. The van der Waals surface area contributed by atoms with Crippen LogP contribution in [0.15, 0.2) is 10.3 Å². The summed E-state index contributed by atoms with van der Waals surface area (Å²) in [6.07, 6.45) is 5.42. The van der Waals surface area contributed by atoms with Crippen LogP contribution in [0.2, 0.25) is 0 Å². The molecule has 19 heavy (non-hydrogen) atoms. The molecule has 0 radical (unpaired) electrons. The van der Waals surface area contributed by atoms with Crippen molar-refractivity contribution in [1.82, 2.24) is 4.31 Å². The van der Waals surface area contributed by atoms with E-state index in [-0.39, 0.29) is 6.04 Å². The Morgan fingerprint density at radius 3 is 2.53 bits per heavy atom. The summed E-state index contributed by atoms with van der Waals surface area (Å²) in [5.74, 6) is 0.374. The van der Waals surface area contributed by atoms with Crippen LogP contribution in [0, 0.1) is 6.92 Å². The van der Waals surface area contributed by atoms with Crippen molar-refractivity contribution >= 4 is 33.0 Å². The molecule has 0 atom stereocenters.